The minimum absolute atomic E-state index is 0.0315. The zero-order chi connectivity index (χ0) is 27.1. The second-order valence-electron chi connectivity index (χ2n) is 11.3. The van der Waals surface area contributed by atoms with Crippen LogP contribution in [0.25, 0.3) is 0 Å². The molecule has 1 aromatic carbocycles. The van der Waals surface area contributed by atoms with Crippen LogP contribution < -0.4 is 5.32 Å². The number of fused-ring (bicyclic) bond motifs is 1. The minimum atomic E-state index is -0.762. The molecule has 37 heavy (non-hydrogen) atoms. The van der Waals surface area contributed by atoms with Crippen molar-refractivity contribution >= 4 is 46.4 Å². The first-order chi connectivity index (χ1) is 17.4. The standard InChI is InChI=1S/C28H34ClN3O4S/c1-16(2)14-19(30-25(34)17-6-8-18(9-7-17)28(3,4)5)26(35)31-13-12-20-24(31)21(33)15-32(20)27(36)22-10-11-23(29)37-22/h6-11,16,19-20,24H,12-15H2,1-5H3,(H,30,34). The van der Waals surface area contributed by atoms with Gasteiger partial charge in [-0.1, -0.05) is 58.4 Å². The van der Waals surface area contributed by atoms with Gasteiger partial charge in [0.2, 0.25) is 5.91 Å². The fraction of sp³-hybridized carbons (Fsp3) is 0.500. The number of carbonyl (C=O) groups excluding carboxylic acids is 4. The summed E-state index contributed by atoms with van der Waals surface area (Å²) in [6.07, 6.45) is 0.965. The topological polar surface area (TPSA) is 86.8 Å². The maximum absolute atomic E-state index is 13.7. The Hall–Kier alpha value is -2.71. The van der Waals surface area contributed by atoms with Crippen molar-refractivity contribution in [2.45, 2.75) is 71.0 Å². The van der Waals surface area contributed by atoms with E-state index in [0.29, 0.717) is 34.2 Å². The van der Waals surface area contributed by atoms with Crippen molar-refractivity contribution in [3.8, 4) is 0 Å². The van der Waals surface area contributed by atoms with E-state index in [0.717, 1.165) is 5.56 Å². The number of ketones is 1. The highest BCUT2D eigenvalue weighted by atomic mass is 35.5. The van der Waals surface area contributed by atoms with Gasteiger partial charge in [0.25, 0.3) is 11.8 Å². The summed E-state index contributed by atoms with van der Waals surface area (Å²) in [5.41, 5.74) is 1.57. The molecule has 0 radical (unpaired) electrons. The molecule has 2 fully saturated rings. The fourth-order valence-corrected chi connectivity index (χ4v) is 6.17. The lowest BCUT2D eigenvalue weighted by Gasteiger charge is -2.29. The molecule has 198 valence electrons. The van der Waals surface area contributed by atoms with E-state index in [9.17, 15) is 19.2 Å². The van der Waals surface area contributed by atoms with Crippen LogP contribution in [0.4, 0.5) is 0 Å². The van der Waals surface area contributed by atoms with E-state index in [4.69, 9.17) is 11.6 Å². The lowest BCUT2D eigenvalue weighted by atomic mass is 9.86. The first kappa shape index (κ1) is 27.3. The van der Waals surface area contributed by atoms with Crippen molar-refractivity contribution in [1.82, 2.24) is 15.1 Å². The van der Waals surface area contributed by atoms with Gasteiger partial charge < -0.3 is 15.1 Å². The van der Waals surface area contributed by atoms with Crippen LogP contribution in [-0.2, 0) is 15.0 Å². The Labute approximate surface area is 227 Å². The van der Waals surface area contributed by atoms with Gasteiger partial charge in [-0.2, -0.15) is 0 Å². The molecule has 3 atom stereocenters. The van der Waals surface area contributed by atoms with Crippen LogP contribution in [0, 0.1) is 5.92 Å². The largest absolute Gasteiger partial charge is 0.340 e. The average molecular weight is 544 g/mol. The van der Waals surface area contributed by atoms with Gasteiger partial charge in [-0.3, -0.25) is 19.2 Å². The van der Waals surface area contributed by atoms with Gasteiger partial charge in [0.05, 0.1) is 21.8 Å². The van der Waals surface area contributed by atoms with Crippen molar-refractivity contribution < 1.29 is 19.2 Å². The van der Waals surface area contributed by atoms with Gasteiger partial charge in [-0.15, -0.1) is 11.3 Å². The molecule has 0 aliphatic carbocycles. The average Bonchev–Trinajstić information content (AvgIpc) is 3.54. The highest BCUT2D eigenvalue weighted by molar-refractivity contribution is 7.18. The third-order valence-corrected chi connectivity index (χ3v) is 8.29. The number of hydrogen-bond donors (Lipinski definition) is 1. The molecular weight excluding hydrogens is 510 g/mol. The van der Waals surface area contributed by atoms with E-state index >= 15 is 0 Å². The number of hydrogen-bond acceptors (Lipinski definition) is 5. The van der Waals surface area contributed by atoms with Crippen molar-refractivity contribution in [3.63, 3.8) is 0 Å². The van der Waals surface area contributed by atoms with Crippen LogP contribution in [0.2, 0.25) is 4.34 Å². The van der Waals surface area contributed by atoms with E-state index < -0.39 is 12.1 Å². The van der Waals surface area contributed by atoms with Gasteiger partial charge in [-0.05, 0) is 54.0 Å². The Bertz CT molecular complexity index is 1200. The molecule has 2 aliphatic rings. The molecule has 1 N–H and O–H groups in total. The first-order valence-electron chi connectivity index (χ1n) is 12.7. The molecule has 4 rings (SSSR count). The summed E-state index contributed by atoms with van der Waals surface area (Å²) in [6, 6.07) is 8.92. The monoisotopic (exact) mass is 543 g/mol. The van der Waals surface area contributed by atoms with Gasteiger partial charge in [0, 0.05) is 12.1 Å². The minimum Gasteiger partial charge on any atom is -0.340 e. The van der Waals surface area contributed by atoms with E-state index in [-0.39, 0.29) is 47.4 Å². The number of halogens is 1. The molecule has 7 nitrogen and oxygen atoms in total. The Morgan fingerprint density at radius 3 is 2.32 bits per heavy atom. The number of carbonyl (C=O) groups is 4. The molecule has 2 aliphatic heterocycles. The maximum Gasteiger partial charge on any atom is 0.264 e. The van der Waals surface area contributed by atoms with E-state index in [1.807, 2.05) is 26.0 Å². The number of nitrogens with zero attached hydrogens (tertiary/aromatic N) is 2. The van der Waals surface area contributed by atoms with Crippen LogP contribution in [0.5, 0.6) is 0 Å². The summed E-state index contributed by atoms with van der Waals surface area (Å²) in [5.74, 6) is -0.837. The molecule has 3 amide bonds. The third kappa shape index (κ3) is 5.75. The summed E-state index contributed by atoms with van der Waals surface area (Å²) >= 11 is 7.18. The number of likely N-dealkylation sites (tertiary alicyclic amines) is 2. The van der Waals surface area contributed by atoms with Gasteiger partial charge in [0.15, 0.2) is 5.78 Å². The Balaban J connectivity index is 1.49. The molecule has 2 aromatic rings. The molecule has 0 saturated carbocycles. The third-order valence-electron chi connectivity index (χ3n) is 7.07. The summed E-state index contributed by atoms with van der Waals surface area (Å²) in [5, 5.41) is 2.92. The lowest BCUT2D eigenvalue weighted by Crippen LogP contribution is -2.53. The maximum atomic E-state index is 13.7. The lowest BCUT2D eigenvalue weighted by molar-refractivity contribution is -0.138. The second-order valence-corrected chi connectivity index (χ2v) is 13.0. The number of benzene rings is 1. The van der Waals surface area contributed by atoms with Gasteiger partial charge >= 0.3 is 0 Å². The summed E-state index contributed by atoms with van der Waals surface area (Å²) in [7, 11) is 0. The molecule has 0 spiro atoms. The van der Waals surface area contributed by atoms with Gasteiger partial charge in [-0.25, -0.2) is 0 Å². The molecule has 1 aromatic heterocycles. The highest BCUT2D eigenvalue weighted by Gasteiger charge is 2.52. The van der Waals surface area contributed by atoms with E-state index in [1.165, 1.54) is 11.3 Å². The van der Waals surface area contributed by atoms with Crippen LogP contribution in [0.3, 0.4) is 0 Å². The zero-order valence-electron chi connectivity index (χ0n) is 21.9. The molecule has 3 heterocycles. The van der Waals surface area contributed by atoms with Crippen molar-refractivity contribution in [3.05, 3.63) is 56.7 Å². The van der Waals surface area contributed by atoms with E-state index in [1.54, 1.807) is 34.1 Å². The first-order valence-corrected chi connectivity index (χ1v) is 13.9. The number of Topliss-reactive ketones (excluding diaryl/α,β-unsaturated/α-hetero) is 1. The fourth-order valence-electron chi connectivity index (χ4n) is 5.17. The second kappa shape index (κ2) is 10.6. The molecule has 9 heteroatoms. The smallest absolute Gasteiger partial charge is 0.264 e. The molecule has 2 saturated heterocycles. The van der Waals surface area contributed by atoms with Crippen molar-refractivity contribution in [2.24, 2.45) is 5.92 Å². The molecular formula is C28H34ClN3O4S. The molecule has 3 unspecified atom stereocenters. The Kier molecular flexibility index (Phi) is 7.81. The quantitative estimate of drug-likeness (QED) is 0.579. The predicted molar refractivity (Wildman–Crippen MR) is 145 cm³/mol. The van der Waals surface area contributed by atoms with Crippen LogP contribution in [0.1, 0.15) is 73.1 Å². The van der Waals surface area contributed by atoms with Crippen molar-refractivity contribution in [1.29, 1.82) is 0 Å². The number of rotatable bonds is 6. The summed E-state index contributed by atoms with van der Waals surface area (Å²) in [4.78, 5) is 56.5. The van der Waals surface area contributed by atoms with Crippen molar-refractivity contribution in [2.75, 3.05) is 13.1 Å². The highest BCUT2D eigenvalue weighted by Crippen LogP contribution is 2.33. The number of amides is 3. The molecule has 0 bridgehead atoms. The van der Waals surface area contributed by atoms with Crippen LogP contribution in [-0.4, -0.2) is 64.5 Å². The summed E-state index contributed by atoms with van der Waals surface area (Å²) < 4.78 is 0.508. The van der Waals surface area contributed by atoms with Gasteiger partial charge in [0.1, 0.15) is 12.1 Å². The van der Waals surface area contributed by atoms with Crippen LogP contribution >= 0.6 is 22.9 Å². The Morgan fingerprint density at radius 2 is 1.76 bits per heavy atom. The Morgan fingerprint density at radius 1 is 1.08 bits per heavy atom. The predicted octanol–water partition coefficient (Wildman–Crippen LogP) is 4.54. The SMILES string of the molecule is CC(C)CC(NC(=O)c1ccc(C(C)(C)C)cc1)C(=O)N1CCC2C1C(=O)CN2C(=O)c1ccc(Cl)s1. The van der Waals surface area contributed by atoms with E-state index in [2.05, 4.69) is 26.1 Å². The zero-order valence-corrected chi connectivity index (χ0v) is 23.5. The number of thiophene rings is 1. The number of nitrogens with one attached hydrogen (secondary N) is 1. The normalized spacial score (nSPS) is 20.4. The van der Waals surface area contributed by atoms with Crippen LogP contribution in [0.15, 0.2) is 36.4 Å². The summed E-state index contributed by atoms with van der Waals surface area (Å²) in [6.45, 7) is 10.6.